The van der Waals surface area contributed by atoms with Gasteiger partial charge in [0.2, 0.25) is 0 Å². The zero-order chi connectivity index (χ0) is 21.6. The van der Waals surface area contributed by atoms with Crippen LogP contribution in [-0.2, 0) is 4.79 Å². The number of halogens is 4. The van der Waals surface area contributed by atoms with Crippen LogP contribution in [0.1, 0.15) is 103 Å². The monoisotopic (exact) mass is 434 g/mol. The number of Topliss-reactive ketones (excluding diaryl/α,β-unsaturated/α-hetero) is 1. The number of ketones is 1. The largest absolute Gasteiger partial charge is 0.311 e. The van der Waals surface area contributed by atoms with Crippen LogP contribution in [0.3, 0.4) is 0 Å². The van der Waals surface area contributed by atoms with Gasteiger partial charge in [-0.05, 0) is 38.5 Å². The van der Waals surface area contributed by atoms with E-state index >= 15 is 0 Å². The van der Waals surface area contributed by atoms with Gasteiger partial charge in [-0.1, -0.05) is 25.7 Å². The maximum absolute atomic E-state index is 12.4. The molecule has 5 rings (SSSR count). The number of rotatable bonds is 4. The summed E-state index contributed by atoms with van der Waals surface area (Å²) in [5, 5.41) is 6.58. The number of hydrogen-bond acceptors (Lipinski definition) is 3. The summed E-state index contributed by atoms with van der Waals surface area (Å²) in [6.07, 6.45) is 14.0. The number of hydrogen-bond donors (Lipinski definition) is 2. The van der Waals surface area contributed by atoms with Gasteiger partial charge in [0.1, 0.15) is 5.78 Å². The average Bonchev–Trinajstić information content (AvgIpc) is 3.36. The zero-order valence-corrected chi connectivity index (χ0v) is 18.0. The van der Waals surface area contributed by atoms with Gasteiger partial charge in [0.15, 0.2) is 0 Å². The minimum Gasteiger partial charge on any atom is -0.311 e. The number of carbonyl (C=O) groups excluding carboxylic acids is 1. The third-order valence-corrected chi connectivity index (χ3v) is 6.99. The Morgan fingerprint density at radius 3 is 1.13 bits per heavy atom. The van der Waals surface area contributed by atoms with Crippen LogP contribution in [0.2, 0.25) is 0 Å². The summed E-state index contributed by atoms with van der Waals surface area (Å²) in [7, 11) is 0. The molecule has 0 spiro atoms. The third kappa shape index (κ3) is 8.10. The summed E-state index contributed by atoms with van der Waals surface area (Å²) < 4.78 is 49.7. The topological polar surface area (TPSA) is 41.1 Å². The van der Waals surface area contributed by atoms with Gasteiger partial charge >= 0.3 is 0 Å². The van der Waals surface area contributed by atoms with E-state index in [1.165, 1.54) is 51.4 Å². The lowest BCUT2D eigenvalue weighted by Crippen LogP contribution is -2.51. The van der Waals surface area contributed by atoms with E-state index in [4.69, 9.17) is 0 Å². The SMILES string of the molecule is FC1(F)CC(NC2CCCC2)C1.FC1(F)CC(NC2CCCC2)C1.O=C1CCCC1. The summed E-state index contributed by atoms with van der Waals surface area (Å²) >= 11 is 0. The summed E-state index contributed by atoms with van der Waals surface area (Å²) in [6, 6.07) is 1.27. The third-order valence-electron chi connectivity index (χ3n) is 6.99. The lowest BCUT2D eigenvalue weighted by Gasteiger charge is -2.37. The van der Waals surface area contributed by atoms with Gasteiger partial charge < -0.3 is 10.6 Å². The summed E-state index contributed by atoms with van der Waals surface area (Å²) in [5.74, 6) is -4.28. The van der Waals surface area contributed by atoms with E-state index in [1.807, 2.05) is 0 Å². The van der Waals surface area contributed by atoms with Crippen molar-refractivity contribution in [3.05, 3.63) is 0 Å². The highest BCUT2D eigenvalue weighted by Gasteiger charge is 2.46. The molecule has 0 aromatic heterocycles. The Kier molecular flexibility index (Phi) is 8.59. The Labute approximate surface area is 178 Å². The van der Waals surface area contributed by atoms with Gasteiger partial charge in [-0.15, -0.1) is 0 Å². The van der Waals surface area contributed by atoms with Crippen molar-refractivity contribution in [2.75, 3.05) is 0 Å². The Morgan fingerprint density at radius 2 is 0.900 bits per heavy atom. The minimum atomic E-state index is -2.36. The van der Waals surface area contributed by atoms with Crippen molar-refractivity contribution in [2.24, 2.45) is 0 Å². The molecule has 5 saturated carbocycles. The standard InChI is InChI=1S/2C9H15F2N.C5H8O/c2*10-9(11)5-8(6-9)12-7-3-1-2-4-7;6-5-3-1-2-4-5/h2*7-8,12H,1-6H2;1-4H2. The maximum atomic E-state index is 12.4. The molecule has 0 unspecified atom stereocenters. The van der Waals surface area contributed by atoms with Crippen molar-refractivity contribution >= 4 is 5.78 Å². The molecule has 0 amide bonds. The summed E-state index contributed by atoms with van der Waals surface area (Å²) in [6.45, 7) is 0. The van der Waals surface area contributed by atoms with Gasteiger partial charge in [0, 0.05) is 62.7 Å². The molecule has 0 aromatic carbocycles. The van der Waals surface area contributed by atoms with Crippen LogP contribution in [0.15, 0.2) is 0 Å². The highest BCUT2D eigenvalue weighted by atomic mass is 19.3. The molecule has 7 heteroatoms. The Hall–Kier alpha value is -0.690. The molecule has 0 aromatic rings. The fourth-order valence-corrected chi connectivity index (χ4v) is 5.18. The van der Waals surface area contributed by atoms with E-state index in [9.17, 15) is 22.4 Å². The normalized spacial score (nSPS) is 28.9. The van der Waals surface area contributed by atoms with Crippen LogP contribution in [-0.4, -0.2) is 41.8 Å². The van der Waals surface area contributed by atoms with Crippen molar-refractivity contribution in [1.29, 1.82) is 0 Å². The Bertz CT molecular complexity index is 483. The maximum Gasteiger partial charge on any atom is 0.251 e. The molecular weight excluding hydrogens is 396 g/mol. The molecule has 0 heterocycles. The predicted octanol–water partition coefficient (Wildman–Crippen LogP) is 5.76. The Morgan fingerprint density at radius 1 is 0.567 bits per heavy atom. The van der Waals surface area contributed by atoms with Crippen LogP contribution in [0, 0.1) is 0 Å². The molecule has 0 aliphatic heterocycles. The molecule has 5 aliphatic rings. The second-order valence-corrected chi connectivity index (χ2v) is 9.96. The number of carbonyl (C=O) groups is 1. The molecule has 0 bridgehead atoms. The quantitative estimate of drug-likeness (QED) is 0.553. The molecular formula is C23H38F4N2O. The average molecular weight is 435 g/mol. The van der Waals surface area contributed by atoms with E-state index in [2.05, 4.69) is 10.6 Å². The van der Waals surface area contributed by atoms with Crippen molar-refractivity contribution in [3.8, 4) is 0 Å². The van der Waals surface area contributed by atoms with Crippen LogP contribution in [0.5, 0.6) is 0 Å². The van der Waals surface area contributed by atoms with Crippen LogP contribution >= 0.6 is 0 Å². The molecule has 3 nitrogen and oxygen atoms in total. The van der Waals surface area contributed by atoms with E-state index in [-0.39, 0.29) is 37.8 Å². The molecule has 5 aliphatic carbocycles. The lowest BCUT2D eigenvalue weighted by atomic mass is 9.87. The van der Waals surface area contributed by atoms with E-state index in [0.29, 0.717) is 17.9 Å². The first-order chi connectivity index (χ1) is 14.2. The molecule has 2 N–H and O–H groups in total. The van der Waals surface area contributed by atoms with Crippen LogP contribution in [0.4, 0.5) is 17.6 Å². The van der Waals surface area contributed by atoms with Crippen molar-refractivity contribution < 1.29 is 22.4 Å². The molecule has 0 atom stereocenters. The van der Waals surface area contributed by atoms with Gasteiger partial charge in [0.25, 0.3) is 11.8 Å². The first-order valence-electron chi connectivity index (χ1n) is 12.0. The summed E-state index contributed by atoms with van der Waals surface area (Å²) in [4.78, 5) is 10.2. The van der Waals surface area contributed by atoms with E-state index < -0.39 is 11.8 Å². The first-order valence-corrected chi connectivity index (χ1v) is 12.0. The highest BCUT2D eigenvalue weighted by molar-refractivity contribution is 5.80. The number of alkyl halides is 4. The highest BCUT2D eigenvalue weighted by Crippen LogP contribution is 2.39. The van der Waals surface area contributed by atoms with Gasteiger partial charge in [-0.25, -0.2) is 17.6 Å². The molecule has 30 heavy (non-hydrogen) atoms. The van der Waals surface area contributed by atoms with E-state index in [0.717, 1.165) is 25.7 Å². The fraction of sp³-hybridized carbons (Fsp3) is 0.957. The van der Waals surface area contributed by atoms with Gasteiger partial charge in [-0.3, -0.25) is 4.79 Å². The fourth-order valence-electron chi connectivity index (χ4n) is 5.18. The van der Waals surface area contributed by atoms with Crippen LogP contribution < -0.4 is 10.6 Å². The zero-order valence-electron chi connectivity index (χ0n) is 18.0. The molecule has 0 saturated heterocycles. The minimum absolute atomic E-state index is 0.0590. The molecule has 5 fully saturated rings. The first kappa shape index (κ1) is 24.0. The summed E-state index contributed by atoms with van der Waals surface area (Å²) in [5.41, 5.74) is 0. The van der Waals surface area contributed by atoms with Crippen LogP contribution in [0.25, 0.3) is 0 Å². The van der Waals surface area contributed by atoms with Crippen molar-refractivity contribution in [1.82, 2.24) is 10.6 Å². The van der Waals surface area contributed by atoms with Gasteiger partial charge in [0.05, 0.1) is 0 Å². The van der Waals surface area contributed by atoms with Crippen molar-refractivity contribution in [2.45, 2.75) is 139 Å². The smallest absolute Gasteiger partial charge is 0.251 e. The lowest BCUT2D eigenvalue weighted by molar-refractivity contribution is -0.117. The second-order valence-electron chi connectivity index (χ2n) is 9.96. The van der Waals surface area contributed by atoms with Crippen molar-refractivity contribution in [3.63, 3.8) is 0 Å². The predicted molar refractivity (Wildman–Crippen MR) is 110 cm³/mol. The Balaban J connectivity index is 0.000000136. The van der Waals surface area contributed by atoms with Gasteiger partial charge in [-0.2, -0.15) is 0 Å². The molecule has 0 radical (unpaired) electrons. The van der Waals surface area contributed by atoms with E-state index in [1.54, 1.807) is 0 Å². The second kappa shape index (κ2) is 10.8. The molecule has 174 valence electrons. The number of nitrogens with one attached hydrogen (secondary N) is 2.